The van der Waals surface area contributed by atoms with Crippen LogP contribution in [0.15, 0.2) is 0 Å². The first-order valence-corrected chi connectivity index (χ1v) is 4.29. The summed E-state index contributed by atoms with van der Waals surface area (Å²) in [7, 11) is 0. The molecule has 1 atom stereocenters. The molecular weight excluding hydrogens is 124 g/mol. The molecule has 0 aromatic heterocycles. The van der Waals surface area contributed by atoms with E-state index in [0.29, 0.717) is 0 Å². The summed E-state index contributed by atoms with van der Waals surface area (Å²) in [5.41, 5.74) is 5.59. The Balaban J connectivity index is 2.25. The lowest BCUT2D eigenvalue weighted by Gasteiger charge is -2.30. The van der Waals surface area contributed by atoms with Crippen LogP contribution in [0.5, 0.6) is 0 Å². The average Bonchev–Trinajstić information content (AvgIpc) is 2.05. The molecule has 1 heterocycles. The highest BCUT2D eigenvalue weighted by Gasteiger charge is 2.16. The lowest BCUT2D eigenvalue weighted by molar-refractivity contribution is 0.186. The van der Waals surface area contributed by atoms with E-state index in [1.54, 1.807) is 0 Å². The topological polar surface area (TPSA) is 29.3 Å². The van der Waals surface area contributed by atoms with Crippen molar-refractivity contribution in [3.05, 3.63) is 0 Å². The van der Waals surface area contributed by atoms with E-state index < -0.39 is 0 Å². The van der Waals surface area contributed by atoms with Gasteiger partial charge in [0.2, 0.25) is 0 Å². The Morgan fingerprint density at radius 2 is 2.40 bits per heavy atom. The zero-order valence-corrected chi connectivity index (χ0v) is 6.84. The highest BCUT2D eigenvalue weighted by Crippen LogP contribution is 2.14. The van der Waals surface area contributed by atoms with Crippen molar-refractivity contribution in [1.29, 1.82) is 0 Å². The van der Waals surface area contributed by atoms with Crippen LogP contribution < -0.4 is 5.73 Å². The normalized spacial score (nSPS) is 28.8. The van der Waals surface area contributed by atoms with Crippen LogP contribution in [-0.4, -0.2) is 31.1 Å². The third-order valence-corrected chi connectivity index (χ3v) is 2.38. The van der Waals surface area contributed by atoms with E-state index >= 15 is 0 Å². The molecule has 0 spiro atoms. The minimum atomic E-state index is 0.772. The fourth-order valence-electron chi connectivity index (χ4n) is 1.63. The van der Waals surface area contributed by atoms with E-state index in [1.807, 2.05) is 0 Å². The molecule has 2 heteroatoms. The third-order valence-electron chi connectivity index (χ3n) is 2.38. The smallest absolute Gasteiger partial charge is 0.00216 e. The fraction of sp³-hybridized carbons (Fsp3) is 1.00. The SMILES string of the molecule is CCN1CCC[C@@H](CN)C1. The van der Waals surface area contributed by atoms with Crippen LogP contribution in [0.3, 0.4) is 0 Å². The van der Waals surface area contributed by atoms with Crippen molar-refractivity contribution in [2.45, 2.75) is 19.8 Å². The molecule has 2 nitrogen and oxygen atoms in total. The molecule has 60 valence electrons. The first-order chi connectivity index (χ1) is 4.86. The highest BCUT2D eigenvalue weighted by atomic mass is 15.1. The summed E-state index contributed by atoms with van der Waals surface area (Å²) < 4.78 is 0. The van der Waals surface area contributed by atoms with Crippen molar-refractivity contribution < 1.29 is 0 Å². The second kappa shape index (κ2) is 3.94. The van der Waals surface area contributed by atoms with Gasteiger partial charge in [0.05, 0.1) is 0 Å². The predicted molar refractivity (Wildman–Crippen MR) is 43.9 cm³/mol. The van der Waals surface area contributed by atoms with E-state index in [4.69, 9.17) is 5.73 Å². The molecule has 0 saturated carbocycles. The average molecular weight is 142 g/mol. The van der Waals surface area contributed by atoms with Crippen LogP contribution in [0, 0.1) is 5.92 Å². The number of hydrogen-bond acceptors (Lipinski definition) is 2. The van der Waals surface area contributed by atoms with Gasteiger partial charge in [-0.2, -0.15) is 0 Å². The molecular formula is C8H18N2. The number of piperidine rings is 1. The Kier molecular flexibility index (Phi) is 3.16. The molecule has 0 amide bonds. The molecule has 0 bridgehead atoms. The molecule has 0 aromatic carbocycles. The van der Waals surface area contributed by atoms with Gasteiger partial charge in [0.15, 0.2) is 0 Å². The Hall–Kier alpha value is -0.0800. The van der Waals surface area contributed by atoms with Crippen LogP contribution in [0.2, 0.25) is 0 Å². The second-order valence-electron chi connectivity index (χ2n) is 3.14. The van der Waals surface area contributed by atoms with Crippen LogP contribution in [0.1, 0.15) is 19.8 Å². The lowest BCUT2D eigenvalue weighted by Crippen LogP contribution is -2.37. The minimum Gasteiger partial charge on any atom is -0.330 e. The quantitative estimate of drug-likeness (QED) is 0.614. The molecule has 1 saturated heterocycles. The van der Waals surface area contributed by atoms with E-state index in [0.717, 1.165) is 12.5 Å². The summed E-state index contributed by atoms with van der Waals surface area (Å²) in [4.78, 5) is 2.49. The van der Waals surface area contributed by atoms with Crippen LogP contribution >= 0.6 is 0 Å². The van der Waals surface area contributed by atoms with E-state index in [9.17, 15) is 0 Å². The Morgan fingerprint density at radius 3 is 3.00 bits per heavy atom. The van der Waals surface area contributed by atoms with E-state index in [1.165, 1.54) is 32.5 Å². The van der Waals surface area contributed by atoms with Crippen LogP contribution in [0.4, 0.5) is 0 Å². The maximum atomic E-state index is 5.59. The molecule has 0 aromatic rings. The van der Waals surface area contributed by atoms with Crippen molar-refractivity contribution in [2.24, 2.45) is 11.7 Å². The molecule has 1 aliphatic heterocycles. The van der Waals surface area contributed by atoms with E-state index in [-0.39, 0.29) is 0 Å². The summed E-state index contributed by atoms with van der Waals surface area (Å²) in [5.74, 6) is 0.772. The Bertz CT molecular complexity index is 83.3. The molecule has 10 heavy (non-hydrogen) atoms. The van der Waals surface area contributed by atoms with Crippen LogP contribution in [-0.2, 0) is 0 Å². The van der Waals surface area contributed by atoms with Gasteiger partial charge >= 0.3 is 0 Å². The fourth-order valence-corrected chi connectivity index (χ4v) is 1.63. The van der Waals surface area contributed by atoms with Gasteiger partial charge in [-0.3, -0.25) is 0 Å². The molecule has 0 unspecified atom stereocenters. The number of nitrogens with zero attached hydrogens (tertiary/aromatic N) is 1. The van der Waals surface area contributed by atoms with Crippen molar-refractivity contribution in [3.63, 3.8) is 0 Å². The zero-order valence-electron chi connectivity index (χ0n) is 6.84. The zero-order chi connectivity index (χ0) is 7.40. The third kappa shape index (κ3) is 1.96. The van der Waals surface area contributed by atoms with Gasteiger partial charge in [0.1, 0.15) is 0 Å². The Morgan fingerprint density at radius 1 is 1.60 bits per heavy atom. The van der Waals surface area contributed by atoms with E-state index in [2.05, 4.69) is 11.8 Å². The van der Waals surface area contributed by atoms with Gasteiger partial charge in [0.25, 0.3) is 0 Å². The standard InChI is InChI=1S/C8H18N2/c1-2-10-5-3-4-8(6-9)7-10/h8H,2-7,9H2,1H3/t8-/m0/s1. The number of rotatable bonds is 2. The van der Waals surface area contributed by atoms with Crippen molar-refractivity contribution >= 4 is 0 Å². The minimum absolute atomic E-state index is 0.772. The molecule has 1 aliphatic rings. The Labute approximate surface area is 63.4 Å². The first-order valence-electron chi connectivity index (χ1n) is 4.29. The molecule has 2 N–H and O–H groups in total. The number of likely N-dealkylation sites (tertiary alicyclic amines) is 1. The van der Waals surface area contributed by atoms with Gasteiger partial charge in [-0.05, 0) is 38.4 Å². The van der Waals surface area contributed by atoms with Gasteiger partial charge in [0, 0.05) is 6.54 Å². The monoisotopic (exact) mass is 142 g/mol. The summed E-state index contributed by atoms with van der Waals surface area (Å²) in [6.07, 6.45) is 2.68. The van der Waals surface area contributed by atoms with Crippen molar-refractivity contribution in [2.75, 3.05) is 26.2 Å². The summed E-state index contributed by atoms with van der Waals surface area (Å²) in [6, 6.07) is 0. The predicted octanol–water partition coefficient (Wildman–Crippen LogP) is 0.677. The van der Waals surface area contributed by atoms with Gasteiger partial charge in [-0.15, -0.1) is 0 Å². The van der Waals surface area contributed by atoms with Crippen LogP contribution in [0.25, 0.3) is 0 Å². The maximum absolute atomic E-state index is 5.59. The highest BCUT2D eigenvalue weighted by molar-refractivity contribution is 4.71. The molecule has 1 fully saturated rings. The van der Waals surface area contributed by atoms with Gasteiger partial charge in [-0.1, -0.05) is 6.92 Å². The lowest BCUT2D eigenvalue weighted by atomic mass is 9.98. The van der Waals surface area contributed by atoms with Crippen molar-refractivity contribution in [3.8, 4) is 0 Å². The molecule has 1 rings (SSSR count). The number of nitrogens with two attached hydrogens (primary N) is 1. The summed E-state index contributed by atoms with van der Waals surface area (Å²) in [5, 5.41) is 0. The van der Waals surface area contributed by atoms with Gasteiger partial charge < -0.3 is 10.6 Å². The first kappa shape index (κ1) is 8.02. The summed E-state index contributed by atoms with van der Waals surface area (Å²) >= 11 is 0. The second-order valence-corrected chi connectivity index (χ2v) is 3.14. The molecule has 0 aliphatic carbocycles. The number of hydrogen-bond donors (Lipinski definition) is 1. The van der Waals surface area contributed by atoms with Crippen molar-refractivity contribution in [1.82, 2.24) is 4.90 Å². The van der Waals surface area contributed by atoms with Gasteiger partial charge in [-0.25, -0.2) is 0 Å². The maximum Gasteiger partial charge on any atom is 0.00216 e. The largest absolute Gasteiger partial charge is 0.330 e. The summed E-state index contributed by atoms with van der Waals surface area (Å²) in [6.45, 7) is 6.80. The molecule has 0 radical (unpaired) electrons.